The highest BCUT2D eigenvalue weighted by atomic mass is 35.5. The normalized spacial score (nSPS) is 12.7. The lowest BCUT2D eigenvalue weighted by molar-refractivity contribution is 0.410. The summed E-state index contributed by atoms with van der Waals surface area (Å²) in [5.41, 5.74) is 3.29. The number of benzene rings is 2. The molecule has 112 valence electrons. The van der Waals surface area contributed by atoms with Gasteiger partial charge in [-0.1, -0.05) is 43.6 Å². The van der Waals surface area contributed by atoms with Crippen LogP contribution in [0.1, 0.15) is 36.6 Å². The minimum absolute atomic E-state index is 0.190. The lowest BCUT2D eigenvalue weighted by Gasteiger charge is -2.23. The van der Waals surface area contributed by atoms with Gasteiger partial charge in [0, 0.05) is 17.6 Å². The van der Waals surface area contributed by atoms with Crippen molar-refractivity contribution in [3.05, 3.63) is 70.0 Å². The lowest BCUT2D eigenvalue weighted by Crippen LogP contribution is -2.25. The molecular formula is C18H21ClFN. The molecule has 0 bridgehead atoms. The van der Waals surface area contributed by atoms with Crippen molar-refractivity contribution >= 4 is 11.6 Å². The van der Waals surface area contributed by atoms with E-state index < -0.39 is 0 Å². The molecule has 1 nitrogen and oxygen atoms in total. The summed E-state index contributed by atoms with van der Waals surface area (Å²) < 4.78 is 13.4. The summed E-state index contributed by atoms with van der Waals surface area (Å²) >= 11 is 5.95. The summed E-state index contributed by atoms with van der Waals surface area (Å²) in [4.78, 5) is 0. The Balaban J connectivity index is 2.13. The number of hydrogen-bond donors (Lipinski definition) is 1. The van der Waals surface area contributed by atoms with E-state index in [0.29, 0.717) is 12.5 Å². The molecule has 0 aliphatic heterocycles. The van der Waals surface area contributed by atoms with Gasteiger partial charge in [-0.15, -0.1) is 0 Å². The smallest absolute Gasteiger partial charge is 0.123 e. The number of hydrogen-bond acceptors (Lipinski definition) is 1. The summed E-state index contributed by atoms with van der Waals surface area (Å²) in [6, 6.07) is 13.0. The van der Waals surface area contributed by atoms with Crippen LogP contribution in [0.15, 0.2) is 42.5 Å². The predicted molar refractivity (Wildman–Crippen MR) is 87.0 cm³/mol. The fourth-order valence-electron chi connectivity index (χ4n) is 2.46. The van der Waals surface area contributed by atoms with E-state index in [1.807, 2.05) is 37.3 Å². The quantitative estimate of drug-likeness (QED) is 0.793. The standard InChI is InChI=1S/C18H21ClFN/c1-12(2)18(14-5-7-16(19)8-6-14)21-11-15-10-17(20)9-4-13(15)3/h4-10,12,18,21H,11H2,1-3H3. The lowest BCUT2D eigenvalue weighted by atomic mass is 9.95. The third-order valence-corrected chi connectivity index (χ3v) is 3.97. The molecule has 0 amide bonds. The Bertz CT molecular complexity index is 593. The molecule has 1 unspecified atom stereocenters. The minimum Gasteiger partial charge on any atom is -0.306 e. The second kappa shape index (κ2) is 7.06. The third kappa shape index (κ3) is 4.29. The first kappa shape index (κ1) is 16.0. The third-order valence-electron chi connectivity index (χ3n) is 3.72. The summed E-state index contributed by atoms with van der Waals surface area (Å²) in [5, 5.41) is 4.27. The molecule has 0 fully saturated rings. The van der Waals surface area contributed by atoms with Crippen LogP contribution in [0, 0.1) is 18.7 Å². The molecule has 2 aromatic carbocycles. The SMILES string of the molecule is Cc1ccc(F)cc1CNC(c1ccc(Cl)cc1)C(C)C. The zero-order chi connectivity index (χ0) is 15.4. The van der Waals surface area contributed by atoms with Crippen molar-refractivity contribution < 1.29 is 4.39 Å². The molecule has 0 aromatic heterocycles. The number of aryl methyl sites for hydroxylation is 1. The van der Waals surface area contributed by atoms with Gasteiger partial charge >= 0.3 is 0 Å². The topological polar surface area (TPSA) is 12.0 Å². The van der Waals surface area contributed by atoms with Gasteiger partial charge < -0.3 is 5.32 Å². The van der Waals surface area contributed by atoms with Gasteiger partial charge in [0.1, 0.15) is 5.82 Å². The maximum atomic E-state index is 13.4. The maximum absolute atomic E-state index is 13.4. The van der Waals surface area contributed by atoms with Crippen molar-refractivity contribution in [2.45, 2.75) is 33.4 Å². The summed E-state index contributed by atoms with van der Waals surface area (Å²) in [6.07, 6.45) is 0. The number of rotatable bonds is 5. The summed E-state index contributed by atoms with van der Waals surface area (Å²) in [7, 11) is 0. The molecular weight excluding hydrogens is 285 g/mol. The first-order valence-corrected chi connectivity index (χ1v) is 7.59. The van der Waals surface area contributed by atoms with Gasteiger partial charge in [-0.25, -0.2) is 4.39 Å². The Morgan fingerprint density at radius 3 is 2.38 bits per heavy atom. The number of halogens is 2. The molecule has 0 heterocycles. The van der Waals surface area contributed by atoms with Crippen LogP contribution in [0.5, 0.6) is 0 Å². The second-order valence-electron chi connectivity index (χ2n) is 5.72. The fourth-order valence-corrected chi connectivity index (χ4v) is 2.58. The van der Waals surface area contributed by atoms with E-state index in [-0.39, 0.29) is 11.9 Å². The first-order chi connectivity index (χ1) is 9.97. The average Bonchev–Trinajstić information content (AvgIpc) is 2.44. The Labute approximate surface area is 131 Å². The zero-order valence-electron chi connectivity index (χ0n) is 12.7. The minimum atomic E-state index is -0.190. The van der Waals surface area contributed by atoms with Gasteiger partial charge in [0.2, 0.25) is 0 Å². The summed E-state index contributed by atoms with van der Waals surface area (Å²) in [5.74, 6) is 0.241. The van der Waals surface area contributed by atoms with Gasteiger partial charge in [0.05, 0.1) is 0 Å². The fraction of sp³-hybridized carbons (Fsp3) is 0.333. The highest BCUT2D eigenvalue weighted by Crippen LogP contribution is 2.24. The van der Waals surface area contributed by atoms with Crippen molar-refractivity contribution in [2.24, 2.45) is 5.92 Å². The van der Waals surface area contributed by atoms with E-state index in [1.165, 1.54) is 11.6 Å². The Morgan fingerprint density at radius 1 is 1.10 bits per heavy atom. The largest absolute Gasteiger partial charge is 0.306 e. The average molecular weight is 306 g/mol. The molecule has 2 aromatic rings. The molecule has 21 heavy (non-hydrogen) atoms. The highest BCUT2D eigenvalue weighted by Gasteiger charge is 2.15. The maximum Gasteiger partial charge on any atom is 0.123 e. The van der Waals surface area contributed by atoms with Crippen molar-refractivity contribution in [2.75, 3.05) is 0 Å². The number of nitrogens with one attached hydrogen (secondary N) is 1. The molecule has 2 rings (SSSR count). The van der Waals surface area contributed by atoms with Crippen molar-refractivity contribution in [1.29, 1.82) is 0 Å². The first-order valence-electron chi connectivity index (χ1n) is 7.21. The van der Waals surface area contributed by atoms with Gasteiger partial charge in [0.15, 0.2) is 0 Å². The van der Waals surface area contributed by atoms with Crippen LogP contribution in [0.25, 0.3) is 0 Å². The molecule has 0 saturated carbocycles. The van der Waals surface area contributed by atoms with Gasteiger partial charge in [0.25, 0.3) is 0 Å². The van der Waals surface area contributed by atoms with E-state index in [4.69, 9.17) is 11.6 Å². The van der Waals surface area contributed by atoms with E-state index in [0.717, 1.165) is 16.1 Å². The van der Waals surface area contributed by atoms with Crippen LogP contribution in [0.3, 0.4) is 0 Å². The van der Waals surface area contributed by atoms with Crippen molar-refractivity contribution in [1.82, 2.24) is 5.32 Å². The molecule has 0 radical (unpaired) electrons. The van der Waals surface area contributed by atoms with Crippen LogP contribution >= 0.6 is 11.6 Å². The predicted octanol–water partition coefficient (Wildman–Crippen LogP) is 5.27. The van der Waals surface area contributed by atoms with Crippen LogP contribution < -0.4 is 5.32 Å². The van der Waals surface area contributed by atoms with E-state index in [1.54, 1.807) is 6.07 Å². The van der Waals surface area contributed by atoms with Crippen molar-refractivity contribution in [3.63, 3.8) is 0 Å². The Hall–Kier alpha value is -1.38. The van der Waals surface area contributed by atoms with Gasteiger partial charge in [-0.3, -0.25) is 0 Å². The Morgan fingerprint density at radius 2 is 1.76 bits per heavy atom. The second-order valence-corrected chi connectivity index (χ2v) is 6.16. The molecule has 1 N–H and O–H groups in total. The van der Waals surface area contributed by atoms with Crippen molar-refractivity contribution in [3.8, 4) is 0 Å². The van der Waals surface area contributed by atoms with Crippen LogP contribution in [0.4, 0.5) is 4.39 Å². The van der Waals surface area contributed by atoms with Gasteiger partial charge in [-0.2, -0.15) is 0 Å². The van der Waals surface area contributed by atoms with E-state index >= 15 is 0 Å². The Kier molecular flexibility index (Phi) is 5.38. The summed E-state index contributed by atoms with van der Waals surface area (Å²) in [6.45, 7) is 6.99. The zero-order valence-corrected chi connectivity index (χ0v) is 13.4. The van der Waals surface area contributed by atoms with Gasteiger partial charge in [-0.05, 0) is 53.8 Å². The van der Waals surface area contributed by atoms with E-state index in [2.05, 4.69) is 19.2 Å². The molecule has 3 heteroatoms. The molecule has 1 atom stereocenters. The molecule has 0 spiro atoms. The molecule has 0 aliphatic carbocycles. The highest BCUT2D eigenvalue weighted by molar-refractivity contribution is 6.30. The molecule has 0 saturated heterocycles. The monoisotopic (exact) mass is 305 g/mol. The van der Waals surface area contributed by atoms with E-state index in [9.17, 15) is 4.39 Å². The van der Waals surface area contributed by atoms with Crippen LogP contribution in [-0.4, -0.2) is 0 Å². The van der Waals surface area contributed by atoms with Crippen LogP contribution in [-0.2, 0) is 6.54 Å². The van der Waals surface area contributed by atoms with Crippen LogP contribution in [0.2, 0.25) is 5.02 Å². The molecule has 0 aliphatic rings.